The maximum atomic E-state index is 14.3. The molecule has 0 unspecified atom stereocenters. The van der Waals surface area contributed by atoms with E-state index >= 15 is 0 Å². The zero-order valence-corrected chi connectivity index (χ0v) is 16.9. The molecule has 0 aliphatic carbocycles. The SMILES string of the molecule is CCCc1cc(F)c(S(=O)(=O)N2CCN(C(=O)OC(C)(C)C)CC2)cc1F. The molecule has 1 amide bonds. The number of aryl methyl sites for hydroxylation is 1. The van der Waals surface area contributed by atoms with Crippen LogP contribution in [0.3, 0.4) is 0 Å². The van der Waals surface area contributed by atoms with Gasteiger partial charge in [-0.1, -0.05) is 13.3 Å². The smallest absolute Gasteiger partial charge is 0.410 e. The van der Waals surface area contributed by atoms with E-state index in [1.807, 2.05) is 6.92 Å². The minimum Gasteiger partial charge on any atom is -0.444 e. The van der Waals surface area contributed by atoms with Crippen molar-refractivity contribution in [2.24, 2.45) is 0 Å². The van der Waals surface area contributed by atoms with Crippen LogP contribution in [0.5, 0.6) is 0 Å². The van der Waals surface area contributed by atoms with Crippen LogP contribution < -0.4 is 0 Å². The molecular weight excluding hydrogens is 378 g/mol. The highest BCUT2D eigenvalue weighted by Gasteiger charge is 2.34. The first-order valence-electron chi connectivity index (χ1n) is 8.91. The number of sulfonamides is 1. The summed E-state index contributed by atoms with van der Waals surface area (Å²) in [5, 5.41) is 0. The summed E-state index contributed by atoms with van der Waals surface area (Å²) in [5.41, 5.74) is -0.495. The Balaban J connectivity index is 2.13. The van der Waals surface area contributed by atoms with Gasteiger partial charge in [0.15, 0.2) is 0 Å². The Morgan fingerprint density at radius 2 is 1.70 bits per heavy atom. The van der Waals surface area contributed by atoms with E-state index in [-0.39, 0.29) is 31.7 Å². The Morgan fingerprint density at radius 1 is 1.11 bits per heavy atom. The van der Waals surface area contributed by atoms with Crippen LogP contribution in [0, 0.1) is 11.6 Å². The molecule has 9 heteroatoms. The molecule has 1 saturated heterocycles. The van der Waals surface area contributed by atoms with E-state index in [4.69, 9.17) is 4.74 Å². The first kappa shape index (κ1) is 21.6. The normalized spacial score (nSPS) is 16.4. The number of hydrogen-bond donors (Lipinski definition) is 0. The fourth-order valence-electron chi connectivity index (χ4n) is 2.80. The van der Waals surface area contributed by atoms with Crippen molar-refractivity contribution in [1.82, 2.24) is 9.21 Å². The van der Waals surface area contributed by atoms with Gasteiger partial charge < -0.3 is 9.64 Å². The summed E-state index contributed by atoms with van der Waals surface area (Å²) in [6.07, 6.45) is 0.424. The molecule has 1 aliphatic rings. The first-order chi connectivity index (χ1) is 12.5. The second-order valence-electron chi connectivity index (χ2n) is 7.50. The summed E-state index contributed by atoms with van der Waals surface area (Å²) in [6, 6.07) is 1.69. The molecule has 0 saturated carbocycles. The molecule has 6 nitrogen and oxygen atoms in total. The minimum atomic E-state index is -4.19. The third-order valence-corrected chi connectivity index (χ3v) is 6.04. The van der Waals surface area contributed by atoms with Gasteiger partial charge in [0, 0.05) is 26.2 Å². The maximum absolute atomic E-state index is 14.3. The number of benzene rings is 1. The number of hydrogen-bond acceptors (Lipinski definition) is 4. The molecule has 0 spiro atoms. The minimum absolute atomic E-state index is 0.0145. The Hall–Kier alpha value is -1.74. The van der Waals surface area contributed by atoms with Gasteiger partial charge in [0.25, 0.3) is 0 Å². The molecule has 1 aromatic carbocycles. The highest BCUT2D eigenvalue weighted by molar-refractivity contribution is 7.89. The van der Waals surface area contributed by atoms with E-state index in [2.05, 4.69) is 0 Å². The number of carbonyl (C=O) groups is 1. The number of nitrogens with zero attached hydrogens (tertiary/aromatic N) is 2. The lowest BCUT2D eigenvalue weighted by Gasteiger charge is -2.35. The van der Waals surface area contributed by atoms with Crippen molar-refractivity contribution in [1.29, 1.82) is 0 Å². The van der Waals surface area contributed by atoms with E-state index in [1.165, 1.54) is 4.90 Å². The Morgan fingerprint density at radius 3 is 2.22 bits per heavy atom. The van der Waals surface area contributed by atoms with Gasteiger partial charge in [0.2, 0.25) is 10.0 Å². The highest BCUT2D eigenvalue weighted by atomic mass is 32.2. The molecule has 27 heavy (non-hydrogen) atoms. The van der Waals surface area contributed by atoms with Crippen LogP contribution >= 0.6 is 0 Å². The first-order valence-corrected chi connectivity index (χ1v) is 10.4. The van der Waals surface area contributed by atoms with E-state index < -0.39 is 38.2 Å². The average molecular weight is 404 g/mol. The predicted octanol–water partition coefficient (Wildman–Crippen LogP) is 3.16. The summed E-state index contributed by atoms with van der Waals surface area (Å²) in [5.74, 6) is -1.70. The molecule has 1 heterocycles. The molecule has 1 aliphatic heterocycles. The number of carbonyl (C=O) groups excluding carboxylic acids is 1. The third kappa shape index (κ3) is 5.16. The van der Waals surface area contributed by atoms with Gasteiger partial charge >= 0.3 is 6.09 Å². The van der Waals surface area contributed by atoms with Crippen molar-refractivity contribution in [2.75, 3.05) is 26.2 Å². The van der Waals surface area contributed by atoms with E-state index in [0.717, 1.165) is 16.4 Å². The van der Waals surface area contributed by atoms with Gasteiger partial charge in [-0.3, -0.25) is 0 Å². The van der Waals surface area contributed by atoms with Crippen molar-refractivity contribution in [3.8, 4) is 0 Å². The predicted molar refractivity (Wildman–Crippen MR) is 96.9 cm³/mol. The fourth-order valence-corrected chi connectivity index (χ4v) is 4.28. The van der Waals surface area contributed by atoms with Gasteiger partial charge in [0.05, 0.1) is 0 Å². The van der Waals surface area contributed by atoms with Crippen LogP contribution in [-0.4, -0.2) is 55.5 Å². The van der Waals surface area contributed by atoms with E-state index in [9.17, 15) is 22.0 Å². The molecular formula is C18H26F2N2O4S. The van der Waals surface area contributed by atoms with Gasteiger partial charge in [0.1, 0.15) is 22.1 Å². The second-order valence-corrected chi connectivity index (χ2v) is 9.40. The van der Waals surface area contributed by atoms with Crippen molar-refractivity contribution in [3.63, 3.8) is 0 Å². The molecule has 0 N–H and O–H groups in total. The average Bonchev–Trinajstić information content (AvgIpc) is 2.56. The van der Waals surface area contributed by atoms with Crippen molar-refractivity contribution in [2.45, 2.75) is 51.0 Å². The van der Waals surface area contributed by atoms with Gasteiger partial charge in [-0.2, -0.15) is 4.31 Å². The molecule has 152 valence electrons. The lowest BCUT2D eigenvalue weighted by atomic mass is 10.1. The molecule has 0 radical (unpaired) electrons. The quantitative estimate of drug-likeness (QED) is 0.773. The molecule has 2 rings (SSSR count). The van der Waals surface area contributed by atoms with Crippen LogP contribution in [0.4, 0.5) is 13.6 Å². The van der Waals surface area contributed by atoms with Crippen LogP contribution in [0.1, 0.15) is 39.7 Å². The lowest BCUT2D eigenvalue weighted by Crippen LogP contribution is -2.51. The summed E-state index contributed by atoms with van der Waals surface area (Å²) in [4.78, 5) is 12.8. The van der Waals surface area contributed by atoms with Crippen LogP contribution in [0.25, 0.3) is 0 Å². The van der Waals surface area contributed by atoms with Crippen LogP contribution in [-0.2, 0) is 21.2 Å². The zero-order valence-electron chi connectivity index (χ0n) is 16.1. The molecule has 1 fully saturated rings. The molecule has 0 aromatic heterocycles. The Bertz CT molecular complexity index is 798. The number of amides is 1. The summed E-state index contributed by atoms with van der Waals surface area (Å²) < 4.78 is 60.2. The Labute approximate surface area is 159 Å². The van der Waals surface area contributed by atoms with Crippen LogP contribution in [0.15, 0.2) is 17.0 Å². The number of ether oxygens (including phenoxy) is 1. The topological polar surface area (TPSA) is 66.9 Å². The molecule has 1 aromatic rings. The number of halogens is 2. The fraction of sp³-hybridized carbons (Fsp3) is 0.611. The van der Waals surface area contributed by atoms with Crippen molar-refractivity contribution >= 4 is 16.1 Å². The number of piperazine rings is 1. The van der Waals surface area contributed by atoms with E-state index in [0.29, 0.717) is 12.8 Å². The lowest BCUT2D eigenvalue weighted by molar-refractivity contribution is 0.0192. The summed E-state index contributed by atoms with van der Waals surface area (Å²) in [6.45, 7) is 7.25. The van der Waals surface area contributed by atoms with Gasteiger partial charge in [-0.25, -0.2) is 22.0 Å². The Kier molecular flexibility index (Phi) is 6.47. The highest BCUT2D eigenvalue weighted by Crippen LogP contribution is 2.25. The van der Waals surface area contributed by atoms with Crippen LogP contribution in [0.2, 0.25) is 0 Å². The standard InChI is InChI=1S/C18H26F2N2O4S/c1-5-6-13-11-15(20)16(12-14(13)19)27(24,25)22-9-7-21(8-10-22)17(23)26-18(2,3)4/h11-12H,5-10H2,1-4H3. The summed E-state index contributed by atoms with van der Waals surface area (Å²) >= 11 is 0. The monoisotopic (exact) mass is 404 g/mol. The largest absolute Gasteiger partial charge is 0.444 e. The second kappa shape index (κ2) is 8.10. The molecule has 0 bridgehead atoms. The zero-order chi connectivity index (χ0) is 20.4. The van der Waals surface area contributed by atoms with E-state index in [1.54, 1.807) is 20.8 Å². The van der Waals surface area contributed by atoms with Gasteiger partial charge in [-0.15, -0.1) is 0 Å². The molecule has 0 atom stereocenters. The number of rotatable bonds is 4. The third-order valence-electron chi connectivity index (χ3n) is 4.13. The van der Waals surface area contributed by atoms with Crippen molar-refractivity contribution in [3.05, 3.63) is 29.3 Å². The summed E-state index contributed by atoms with van der Waals surface area (Å²) in [7, 11) is -4.19. The van der Waals surface area contributed by atoms with Crippen molar-refractivity contribution < 1.29 is 26.7 Å². The van der Waals surface area contributed by atoms with Gasteiger partial charge in [-0.05, 0) is 44.9 Å². The maximum Gasteiger partial charge on any atom is 0.410 e.